The first kappa shape index (κ1) is 14.9. The van der Waals surface area contributed by atoms with Crippen LogP contribution < -0.4 is 4.72 Å². The van der Waals surface area contributed by atoms with Gasteiger partial charge in [0.15, 0.2) is 0 Å². The molecule has 0 unspecified atom stereocenters. The summed E-state index contributed by atoms with van der Waals surface area (Å²) in [4.78, 5) is -0.110. The molecule has 0 aliphatic rings. The van der Waals surface area contributed by atoms with Gasteiger partial charge in [-0.25, -0.2) is 12.8 Å². The van der Waals surface area contributed by atoms with Crippen molar-refractivity contribution >= 4 is 31.6 Å². The quantitative estimate of drug-likeness (QED) is 0.844. The van der Waals surface area contributed by atoms with Crippen molar-refractivity contribution in [2.45, 2.75) is 11.4 Å². The van der Waals surface area contributed by atoms with Crippen LogP contribution in [0.25, 0.3) is 0 Å². The van der Waals surface area contributed by atoms with Crippen molar-refractivity contribution in [3.63, 3.8) is 0 Å². The fourth-order valence-corrected chi connectivity index (χ4v) is 3.11. The highest BCUT2D eigenvalue weighted by Gasteiger charge is 2.19. The van der Waals surface area contributed by atoms with Crippen molar-refractivity contribution in [3.05, 3.63) is 40.9 Å². The van der Waals surface area contributed by atoms with Gasteiger partial charge in [0.25, 0.3) is 10.0 Å². The van der Waals surface area contributed by atoms with E-state index in [0.29, 0.717) is 4.47 Å². The fraction of sp³-hybridized carbons (Fsp3) is 0.182. The molecule has 20 heavy (non-hydrogen) atoms. The molecule has 2 N–H and O–H groups in total. The monoisotopic (exact) mass is 363 g/mol. The standard InChI is InChI=1S/C11H11BrFN3O3S/c12-9-2-1-3-10(13)11(9)15-20(18,19)8-6-14-16(7-8)4-5-17/h1-3,6-7,15,17H,4-5H2. The van der Waals surface area contributed by atoms with Crippen LogP contribution in [0, 0.1) is 5.82 Å². The van der Waals surface area contributed by atoms with Crippen LogP contribution in [0.3, 0.4) is 0 Å². The van der Waals surface area contributed by atoms with Crippen LogP contribution in [0.1, 0.15) is 0 Å². The van der Waals surface area contributed by atoms with Gasteiger partial charge in [0.05, 0.1) is 25.0 Å². The predicted octanol–water partition coefficient (Wildman–Crippen LogP) is 1.58. The molecule has 0 amide bonds. The minimum Gasteiger partial charge on any atom is -0.394 e. The Morgan fingerprint density at radius 1 is 1.45 bits per heavy atom. The first-order chi connectivity index (χ1) is 9.44. The van der Waals surface area contributed by atoms with Crippen molar-refractivity contribution in [2.24, 2.45) is 0 Å². The summed E-state index contributed by atoms with van der Waals surface area (Å²) in [6, 6.07) is 4.13. The Balaban J connectivity index is 2.31. The summed E-state index contributed by atoms with van der Waals surface area (Å²) in [5, 5.41) is 12.5. The highest BCUT2D eigenvalue weighted by Crippen LogP contribution is 2.27. The molecule has 108 valence electrons. The van der Waals surface area contributed by atoms with E-state index in [1.165, 1.54) is 23.0 Å². The number of anilines is 1. The van der Waals surface area contributed by atoms with E-state index in [-0.39, 0.29) is 23.7 Å². The molecular weight excluding hydrogens is 353 g/mol. The van der Waals surface area contributed by atoms with Crippen LogP contribution in [0.15, 0.2) is 40.0 Å². The summed E-state index contributed by atoms with van der Waals surface area (Å²) in [5.74, 6) is -0.689. The Labute approximate surface area is 123 Å². The zero-order valence-electron chi connectivity index (χ0n) is 10.1. The third-order valence-corrected chi connectivity index (χ3v) is 4.41. The molecule has 0 bridgehead atoms. The van der Waals surface area contributed by atoms with Gasteiger partial charge in [-0.1, -0.05) is 6.07 Å². The number of hydrogen-bond acceptors (Lipinski definition) is 4. The Bertz CT molecular complexity index is 697. The van der Waals surface area contributed by atoms with E-state index < -0.39 is 15.8 Å². The first-order valence-electron chi connectivity index (χ1n) is 5.54. The van der Waals surface area contributed by atoms with Gasteiger partial charge in [-0.2, -0.15) is 5.10 Å². The van der Waals surface area contributed by atoms with Gasteiger partial charge in [-0.3, -0.25) is 9.40 Å². The van der Waals surface area contributed by atoms with E-state index in [1.54, 1.807) is 0 Å². The molecule has 0 aliphatic carbocycles. The summed E-state index contributed by atoms with van der Waals surface area (Å²) in [5.41, 5.74) is -0.164. The molecule has 1 aromatic carbocycles. The molecule has 9 heteroatoms. The number of nitrogens with zero attached hydrogens (tertiary/aromatic N) is 2. The number of hydrogen-bond donors (Lipinski definition) is 2. The molecule has 0 atom stereocenters. The maximum Gasteiger partial charge on any atom is 0.265 e. The number of para-hydroxylation sites is 1. The molecule has 2 rings (SSSR count). The van der Waals surface area contributed by atoms with Crippen LogP contribution in [-0.2, 0) is 16.6 Å². The minimum absolute atomic E-state index is 0.110. The highest BCUT2D eigenvalue weighted by atomic mass is 79.9. The zero-order chi connectivity index (χ0) is 14.8. The predicted molar refractivity (Wildman–Crippen MR) is 74.2 cm³/mol. The number of aliphatic hydroxyl groups is 1. The molecule has 1 aromatic heterocycles. The summed E-state index contributed by atoms with van der Waals surface area (Å²) in [7, 11) is -3.94. The topological polar surface area (TPSA) is 84.2 Å². The lowest BCUT2D eigenvalue weighted by molar-refractivity contribution is 0.269. The smallest absolute Gasteiger partial charge is 0.265 e. The van der Waals surface area contributed by atoms with Crippen LogP contribution >= 0.6 is 15.9 Å². The Hall–Kier alpha value is -1.45. The second kappa shape index (κ2) is 5.90. The lowest BCUT2D eigenvalue weighted by Crippen LogP contribution is -2.14. The number of halogens is 2. The van der Waals surface area contributed by atoms with E-state index in [4.69, 9.17) is 5.11 Å². The Morgan fingerprint density at radius 2 is 2.20 bits per heavy atom. The van der Waals surface area contributed by atoms with Crippen molar-refractivity contribution in [1.82, 2.24) is 9.78 Å². The van der Waals surface area contributed by atoms with Gasteiger partial charge in [0.1, 0.15) is 10.7 Å². The van der Waals surface area contributed by atoms with Gasteiger partial charge < -0.3 is 5.11 Å². The van der Waals surface area contributed by atoms with Crippen molar-refractivity contribution < 1.29 is 17.9 Å². The van der Waals surface area contributed by atoms with Crippen molar-refractivity contribution in [1.29, 1.82) is 0 Å². The van der Waals surface area contributed by atoms with Gasteiger partial charge in [0.2, 0.25) is 0 Å². The van der Waals surface area contributed by atoms with E-state index in [2.05, 4.69) is 25.8 Å². The maximum atomic E-state index is 13.6. The SMILES string of the molecule is O=S(=O)(Nc1c(F)cccc1Br)c1cnn(CCO)c1. The largest absolute Gasteiger partial charge is 0.394 e. The van der Waals surface area contributed by atoms with Gasteiger partial charge in [-0.15, -0.1) is 0 Å². The summed E-state index contributed by atoms with van der Waals surface area (Å²) in [6.07, 6.45) is 2.39. The minimum atomic E-state index is -3.94. The van der Waals surface area contributed by atoms with E-state index in [0.717, 1.165) is 12.3 Å². The number of rotatable bonds is 5. The molecule has 2 aromatic rings. The fourth-order valence-electron chi connectivity index (χ4n) is 1.50. The molecule has 1 heterocycles. The summed E-state index contributed by atoms with van der Waals surface area (Å²) >= 11 is 3.08. The van der Waals surface area contributed by atoms with Crippen LogP contribution in [0.4, 0.5) is 10.1 Å². The van der Waals surface area contributed by atoms with Crippen LogP contribution in [-0.4, -0.2) is 29.9 Å². The summed E-state index contributed by atoms with van der Waals surface area (Å²) < 4.78 is 41.6. The molecule has 0 radical (unpaired) electrons. The van der Waals surface area contributed by atoms with Gasteiger partial charge in [0, 0.05) is 10.7 Å². The second-order valence-corrected chi connectivity index (χ2v) is 6.40. The lowest BCUT2D eigenvalue weighted by atomic mass is 10.3. The number of aromatic nitrogens is 2. The highest BCUT2D eigenvalue weighted by molar-refractivity contribution is 9.10. The third-order valence-electron chi connectivity index (χ3n) is 2.45. The molecule has 6 nitrogen and oxygen atoms in total. The molecule has 0 fully saturated rings. The molecule has 0 saturated carbocycles. The second-order valence-electron chi connectivity index (χ2n) is 3.86. The summed E-state index contributed by atoms with van der Waals surface area (Å²) in [6.45, 7) is 0.0202. The number of nitrogens with one attached hydrogen (secondary N) is 1. The lowest BCUT2D eigenvalue weighted by Gasteiger charge is -2.09. The Kier molecular flexibility index (Phi) is 4.41. The number of aliphatic hydroxyl groups excluding tert-OH is 1. The molecule has 0 aliphatic heterocycles. The zero-order valence-corrected chi connectivity index (χ0v) is 12.5. The van der Waals surface area contributed by atoms with Crippen LogP contribution in [0.5, 0.6) is 0 Å². The number of benzene rings is 1. The van der Waals surface area contributed by atoms with Crippen LogP contribution in [0.2, 0.25) is 0 Å². The molecular formula is C11H11BrFN3O3S. The first-order valence-corrected chi connectivity index (χ1v) is 7.82. The average Bonchev–Trinajstić information content (AvgIpc) is 2.84. The normalized spacial score (nSPS) is 11.6. The molecule has 0 saturated heterocycles. The maximum absolute atomic E-state index is 13.6. The third kappa shape index (κ3) is 3.17. The van der Waals surface area contributed by atoms with Crippen molar-refractivity contribution in [3.8, 4) is 0 Å². The Morgan fingerprint density at radius 3 is 2.85 bits per heavy atom. The van der Waals surface area contributed by atoms with Crippen molar-refractivity contribution in [2.75, 3.05) is 11.3 Å². The van der Waals surface area contributed by atoms with Gasteiger partial charge in [-0.05, 0) is 28.1 Å². The average molecular weight is 364 g/mol. The van der Waals surface area contributed by atoms with Gasteiger partial charge >= 0.3 is 0 Å². The number of sulfonamides is 1. The van der Waals surface area contributed by atoms with E-state index >= 15 is 0 Å². The molecule has 0 spiro atoms. The van der Waals surface area contributed by atoms with E-state index in [1.807, 2.05) is 0 Å². The van der Waals surface area contributed by atoms with E-state index in [9.17, 15) is 12.8 Å².